The molecular weight excluding hydrogens is 878 g/mol. The van der Waals surface area contributed by atoms with Crippen LogP contribution >= 0.6 is 46.7 Å². The predicted molar refractivity (Wildman–Crippen MR) is 234 cm³/mol. The van der Waals surface area contributed by atoms with Crippen LogP contribution in [-0.4, -0.2) is 30.6 Å². The van der Waals surface area contributed by atoms with Gasteiger partial charge in [0.2, 0.25) is 0 Å². The number of aromatic hydroxyl groups is 6. The Kier molecular flexibility index (Phi) is 28.9. The van der Waals surface area contributed by atoms with Crippen LogP contribution in [0.25, 0.3) is 0 Å². The number of rotatable bonds is 13. The summed E-state index contributed by atoms with van der Waals surface area (Å²) in [6, 6.07) is 23.3. The number of aromatic nitrogens is 2. The van der Waals surface area contributed by atoms with Gasteiger partial charge in [-0.3, -0.25) is 0 Å². The molecule has 0 spiro atoms. The first kappa shape index (κ1) is 53.9. The zero-order chi connectivity index (χ0) is 40.0. The molecule has 6 N–H and O–H groups in total. The van der Waals surface area contributed by atoms with Crippen LogP contribution < -0.4 is 14.4 Å². The van der Waals surface area contributed by atoms with Crippen molar-refractivity contribution in [2.24, 2.45) is 0 Å². The molecule has 302 valence electrons. The number of nitrogens with zero attached hydrogens (tertiary/aromatic N) is 2. The summed E-state index contributed by atoms with van der Waals surface area (Å²) in [5.41, 5.74) is 4.55. The van der Waals surface area contributed by atoms with Crippen LogP contribution in [0.15, 0.2) is 104 Å². The maximum absolute atomic E-state index is 9.69. The van der Waals surface area contributed by atoms with Crippen LogP contribution in [0.1, 0.15) is 87.0 Å². The molecule has 6 unspecified atom stereocenters. The number of halogens is 1. The van der Waals surface area contributed by atoms with Gasteiger partial charge in [-0.1, -0.05) is 47.6 Å². The number of hydrogen-bond donors (Lipinski definition) is 6. The van der Waals surface area contributed by atoms with Gasteiger partial charge in [0.05, 0.1) is 0 Å². The molecular formula is C41H57ClN2O6P4V2+2. The molecule has 0 bridgehead atoms. The Morgan fingerprint density at radius 3 is 1.59 bits per heavy atom. The number of benzene rings is 3. The number of pyridine rings is 2. The SMILES string of the molecule is CCCC[n+]1ccc(C(CC)CCC(C)c2cc[n+](Cc3ccc(O)c(O)c3)cc2)cc1.Oc1ccc(CCl)cc1O.Oc1ccc(PP)cc1O.PP.[V].[V]. The Morgan fingerprint density at radius 2 is 1.11 bits per heavy atom. The quantitative estimate of drug-likeness (QED) is 0.0303. The van der Waals surface area contributed by atoms with Crippen molar-refractivity contribution >= 4 is 52.0 Å². The Labute approximate surface area is 370 Å². The van der Waals surface area contributed by atoms with Crippen LogP contribution in [-0.2, 0) is 56.1 Å². The third-order valence-corrected chi connectivity index (χ3v) is 10.8. The van der Waals surface area contributed by atoms with Gasteiger partial charge in [0.1, 0.15) is 6.54 Å². The summed E-state index contributed by atoms with van der Waals surface area (Å²) in [5.74, 6) is 0.941. The maximum Gasteiger partial charge on any atom is 0.173 e. The van der Waals surface area contributed by atoms with Crippen LogP contribution in [0.3, 0.4) is 0 Å². The second-order valence-corrected chi connectivity index (χ2v) is 14.7. The van der Waals surface area contributed by atoms with E-state index in [1.165, 1.54) is 67.5 Å². The molecule has 0 aliphatic heterocycles. The first-order valence-corrected chi connectivity index (χ1v) is 23.9. The average Bonchev–Trinajstić information content (AvgIpc) is 3.19. The van der Waals surface area contributed by atoms with Crippen molar-refractivity contribution in [2.45, 2.75) is 83.7 Å². The van der Waals surface area contributed by atoms with E-state index in [1.807, 2.05) is 6.07 Å². The predicted octanol–water partition coefficient (Wildman–Crippen LogP) is 9.27. The Hall–Kier alpha value is -2.06. The van der Waals surface area contributed by atoms with Crippen LogP contribution in [0, 0.1) is 0 Å². The summed E-state index contributed by atoms with van der Waals surface area (Å²) in [6.45, 7) is 8.60. The second-order valence-electron chi connectivity index (χ2n) is 12.7. The Morgan fingerprint density at radius 1 is 0.625 bits per heavy atom. The first-order chi connectivity index (χ1) is 26.0. The molecule has 0 amide bonds. The topological polar surface area (TPSA) is 129 Å². The molecule has 3 aromatic carbocycles. The average molecular weight is 935 g/mol. The Bertz CT molecular complexity index is 1780. The van der Waals surface area contributed by atoms with Crippen molar-refractivity contribution in [3.63, 3.8) is 0 Å². The van der Waals surface area contributed by atoms with Crippen molar-refractivity contribution < 1.29 is 76.9 Å². The van der Waals surface area contributed by atoms with E-state index >= 15 is 0 Å². The van der Waals surface area contributed by atoms with E-state index in [4.69, 9.17) is 32.0 Å². The number of aryl methyl sites for hydroxylation is 1. The zero-order valence-electron chi connectivity index (χ0n) is 32.2. The van der Waals surface area contributed by atoms with Gasteiger partial charge in [0.25, 0.3) is 0 Å². The molecule has 0 fully saturated rings. The molecule has 2 aromatic heterocycles. The minimum atomic E-state index is -0.127. The molecule has 0 saturated heterocycles. The molecule has 5 aromatic rings. The molecule has 0 aliphatic carbocycles. The summed E-state index contributed by atoms with van der Waals surface area (Å²) < 4.78 is 4.38. The van der Waals surface area contributed by atoms with E-state index in [1.54, 1.807) is 24.3 Å². The molecule has 0 saturated carbocycles. The number of alkyl halides is 1. The van der Waals surface area contributed by atoms with Crippen molar-refractivity contribution in [1.29, 1.82) is 0 Å². The van der Waals surface area contributed by atoms with Crippen LogP contribution in [0.4, 0.5) is 0 Å². The molecule has 5 rings (SSSR count). The molecule has 2 heterocycles. The van der Waals surface area contributed by atoms with Gasteiger partial charge < -0.3 is 30.6 Å². The first-order valence-electron chi connectivity index (χ1n) is 17.8. The number of phenols is 6. The van der Waals surface area contributed by atoms with Crippen molar-refractivity contribution in [2.75, 3.05) is 0 Å². The zero-order valence-corrected chi connectivity index (χ0v) is 40.2. The number of hydrogen-bond acceptors (Lipinski definition) is 6. The van der Waals surface area contributed by atoms with Crippen LogP contribution in [0.5, 0.6) is 34.5 Å². The minimum Gasteiger partial charge on any atom is -0.504 e. The Balaban J connectivity index is 0.00000103. The number of phenolic OH excluding ortho intramolecular Hbond substituents is 6. The van der Waals surface area contributed by atoms with Crippen molar-refractivity contribution in [3.05, 3.63) is 126 Å². The van der Waals surface area contributed by atoms with E-state index < -0.39 is 0 Å². The largest absolute Gasteiger partial charge is 0.504 e. The van der Waals surface area contributed by atoms with E-state index in [0.717, 1.165) is 23.0 Å². The summed E-state index contributed by atoms with van der Waals surface area (Å²) in [4.78, 5) is 0. The normalized spacial score (nSPS) is 11.3. The van der Waals surface area contributed by atoms with E-state index in [0.29, 0.717) is 32.5 Å². The molecule has 6 atom stereocenters. The van der Waals surface area contributed by atoms with Crippen LogP contribution in [0.2, 0.25) is 0 Å². The van der Waals surface area contributed by atoms with Crippen molar-refractivity contribution in [1.82, 2.24) is 0 Å². The fourth-order valence-electron chi connectivity index (χ4n) is 5.50. The molecule has 8 nitrogen and oxygen atoms in total. The maximum atomic E-state index is 9.69. The van der Waals surface area contributed by atoms with Gasteiger partial charge in [-0.15, -0.1) is 38.4 Å². The van der Waals surface area contributed by atoms with E-state index in [2.05, 4.69) is 106 Å². The van der Waals surface area contributed by atoms with Crippen molar-refractivity contribution in [3.8, 4) is 34.5 Å². The third-order valence-electron chi connectivity index (χ3n) is 8.83. The summed E-state index contributed by atoms with van der Waals surface area (Å²) >= 11 is 5.46. The van der Waals surface area contributed by atoms with Gasteiger partial charge >= 0.3 is 0 Å². The second kappa shape index (κ2) is 30.0. The third kappa shape index (κ3) is 19.1. The van der Waals surface area contributed by atoms with Gasteiger partial charge in [0, 0.05) is 79.2 Å². The fraction of sp³-hybridized carbons (Fsp3) is 0.317. The monoisotopic (exact) mass is 934 g/mol. The number of unbranched alkanes of at least 4 members (excludes halogenated alkanes) is 1. The summed E-state index contributed by atoms with van der Waals surface area (Å²) in [7, 11) is 7.80. The summed E-state index contributed by atoms with van der Waals surface area (Å²) in [6.07, 6.45) is 14.6. The smallest absolute Gasteiger partial charge is 0.173 e. The van der Waals surface area contributed by atoms with Gasteiger partial charge in [0.15, 0.2) is 65.8 Å². The molecule has 15 heteroatoms. The van der Waals surface area contributed by atoms with Gasteiger partial charge in [-0.25, -0.2) is 9.13 Å². The standard InChI is InChI=1S/C28H36N2O2.C7H7ClO2.C6H8O2P2.H4P2.2V/c1-4-6-15-29-16-13-26(14-17-29)24(5-2)9-7-22(3)25-11-18-30(19-12-25)21-23-8-10-27(31)28(32)20-23;8-4-5-1-2-6(9)7(10)3-5;7-5-2-1-4(10-9)3-6(5)8;1-2;;/h8,10-14,16-20,22,24H,4-7,9,15,21H2,1-3H3;1-3,9-10H,4H2;1-3,7-8,10H,9H2;1-2H2;;/p+2. The van der Waals surface area contributed by atoms with Gasteiger partial charge in [-0.2, -0.15) is 0 Å². The fourth-order valence-corrected chi connectivity index (χ4v) is 6.61. The molecule has 2 radical (unpaired) electrons. The van der Waals surface area contributed by atoms with E-state index in [9.17, 15) is 10.2 Å². The van der Waals surface area contributed by atoms with E-state index in [-0.39, 0.29) is 71.6 Å². The summed E-state index contributed by atoms with van der Waals surface area (Å²) in [5, 5.41) is 55.8. The molecule has 56 heavy (non-hydrogen) atoms. The van der Waals surface area contributed by atoms with Gasteiger partial charge in [-0.05, 0) is 95.6 Å². The minimum absolute atomic E-state index is 0. The molecule has 0 aliphatic rings.